The summed E-state index contributed by atoms with van der Waals surface area (Å²) in [6.45, 7) is 7.15. The number of morpholine rings is 1. The lowest BCUT2D eigenvalue weighted by molar-refractivity contribution is 0.0171. The van der Waals surface area contributed by atoms with Crippen molar-refractivity contribution in [2.45, 2.75) is 31.4 Å². The Labute approximate surface area is 104 Å². The van der Waals surface area contributed by atoms with Gasteiger partial charge in [0.1, 0.15) is 0 Å². The van der Waals surface area contributed by atoms with Crippen LogP contribution in [0, 0.1) is 5.92 Å². The van der Waals surface area contributed by atoms with Gasteiger partial charge in [0, 0.05) is 32.2 Å². The van der Waals surface area contributed by atoms with E-state index in [1.807, 2.05) is 0 Å². The molecule has 1 N–H and O–H groups in total. The van der Waals surface area contributed by atoms with E-state index in [4.69, 9.17) is 4.74 Å². The van der Waals surface area contributed by atoms with Gasteiger partial charge in [-0.15, -0.1) is 0 Å². The van der Waals surface area contributed by atoms with Gasteiger partial charge in [-0.1, -0.05) is 0 Å². The minimum Gasteiger partial charge on any atom is -0.392 e. The molecular formula is C13H24N2O2. The number of nitrogens with zero attached hydrogens (tertiary/aromatic N) is 2. The molecule has 2 unspecified atom stereocenters. The fourth-order valence-corrected chi connectivity index (χ4v) is 3.11. The lowest BCUT2D eigenvalue weighted by atomic mass is 10.2. The van der Waals surface area contributed by atoms with Crippen LogP contribution in [0.5, 0.6) is 0 Å². The lowest BCUT2D eigenvalue weighted by Gasteiger charge is -2.32. The van der Waals surface area contributed by atoms with Crippen LogP contribution in [0.2, 0.25) is 0 Å². The van der Waals surface area contributed by atoms with Crippen molar-refractivity contribution in [3.05, 3.63) is 0 Å². The highest BCUT2D eigenvalue weighted by molar-refractivity contribution is 4.88. The summed E-state index contributed by atoms with van der Waals surface area (Å²) in [6, 6.07) is 0.699. The number of aliphatic hydroxyl groups excluding tert-OH is 1. The van der Waals surface area contributed by atoms with Gasteiger partial charge in [0.2, 0.25) is 0 Å². The molecule has 0 amide bonds. The van der Waals surface area contributed by atoms with Gasteiger partial charge >= 0.3 is 0 Å². The van der Waals surface area contributed by atoms with Crippen LogP contribution in [0.3, 0.4) is 0 Å². The molecule has 1 saturated carbocycles. The summed E-state index contributed by atoms with van der Waals surface area (Å²) in [5.74, 6) is 0.609. The molecule has 98 valence electrons. The number of rotatable bonds is 4. The molecule has 0 bridgehead atoms. The first-order chi connectivity index (χ1) is 8.33. The summed E-state index contributed by atoms with van der Waals surface area (Å²) in [6.07, 6.45) is 3.67. The van der Waals surface area contributed by atoms with Crippen molar-refractivity contribution in [3.8, 4) is 0 Å². The number of hydrogen-bond acceptors (Lipinski definition) is 4. The summed E-state index contributed by atoms with van der Waals surface area (Å²) < 4.78 is 5.40. The molecule has 0 aromatic rings. The Bertz CT molecular complexity index is 252. The summed E-state index contributed by atoms with van der Waals surface area (Å²) in [7, 11) is 0. The van der Waals surface area contributed by atoms with Gasteiger partial charge in [0.15, 0.2) is 0 Å². The van der Waals surface area contributed by atoms with E-state index in [0.29, 0.717) is 12.0 Å². The standard InChI is InChI=1S/C13H24N2O2/c16-13(11-1-2-11)10-14-4-3-12(9-14)15-5-7-17-8-6-15/h11-13,16H,1-10H2. The second-order valence-corrected chi connectivity index (χ2v) is 5.76. The predicted molar refractivity (Wildman–Crippen MR) is 66.0 cm³/mol. The SMILES string of the molecule is OC(CN1CCC(N2CCOCC2)C1)C1CC1. The summed E-state index contributed by atoms with van der Waals surface area (Å²) in [4.78, 5) is 5.01. The Morgan fingerprint density at radius 3 is 2.59 bits per heavy atom. The molecule has 4 heteroatoms. The molecule has 1 aliphatic carbocycles. The third-order valence-electron chi connectivity index (χ3n) is 4.42. The van der Waals surface area contributed by atoms with Crippen molar-refractivity contribution in [2.75, 3.05) is 45.9 Å². The highest BCUT2D eigenvalue weighted by Crippen LogP contribution is 2.33. The van der Waals surface area contributed by atoms with Crippen LogP contribution in [0.15, 0.2) is 0 Å². The van der Waals surface area contributed by atoms with Gasteiger partial charge in [-0.25, -0.2) is 0 Å². The summed E-state index contributed by atoms with van der Waals surface area (Å²) in [5, 5.41) is 9.97. The molecule has 0 spiro atoms. The fraction of sp³-hybridized carbons (Fsp3) is 1.00. The summed E-state index contributed by atoms with van der Waals surface area (Å²) >= 11 is 0. The number of aliphatic hydroxyl groups is 1. The van der Waals surface area contributed by atoms with E-state index in [1.54, 1.807) is 0 Å². The highest BCUT2D eigenvalue weighted by Gasteiger charge is 2.34. The van der Waals surface area contributed by atoms with Crippen molar-refractivity contribution in [1.82, 2.24) is 9.80 Å². The molecule has 17 heavy (non-hydrogen) atoms. The Kier molecular flexibility index (Phi) is 3.66. The maximum atomic E-state index is 9.97. The zero-order valence-electron chi connectivity index (χ0n) is 10.6. The van der Waals surface area contributed by atoms with Crippen LogP contribution >= 0.6 is 0 Å². The van der Waals surface area contributed by atoms with E-state index in [1.165, 1.54) is 19.3 Å². The predicted octanol–water partition coefficient (Wildman–Crippen LogP) is 0.164. The van der Waals surface area contributed by atoms with Crippen molar-refractivity contribution in [2.24, 2.45) is 5.92 Å². The van der Waals surface area contributed by atoms with E-state index in [-0.39, 0.29) is 6.10 Å². The average Bonchev–Trinajstić information content (AvgIpc) is 3.12. The largest absolute Gasteiger partial charge is 0.392 e. The Morgan fingerprint density at radius 1 is 1.12 bits per heavy atom. The van der Waals surface area contributed by atoms with E-state index >= 15 is 0 Å². The van der Waals surface area contributed by atoms with Crippen LogP contribution < -0.4 is 0 Å². The van der Waals surface area contributed by atoms with Gasteiger partial charge < -0.3 is 9.84 Å². The molecular weight excluding hydrogens is 216 g/mol. The first-order valence-electron chi connectivity index (χ1n) is 7.05. The summed E-state index contributed by atoms with van der Waals surface area (Å²) in [5.41, 5.74) is 0. The number of β-amino-alcohol motifs (C(OH)–C–C–N with tert-alkyl or cyclic N) is 1. The van der Waals surface area contributed by atoms with Gasteiger partial charge in [0.25, 0.3) is 0 Å². The molecule has 3 aliphatic rings. The molecule has 3 rings (SSSR count). The molecule has 2 atom stereocenters. The number of likely N-dealkylation sites (tertiary alicyclic amines) is 1. The zero-order valence-corrected chi connectivity index (χ0v) is 10.6. The van der Waals surface area contributed by atoms with Crippen molar-refractivity contribution >= 4 is 0 Å². The fourth-order valence-electron chi connectivity index (χ4n) is 3.11. The minimum absolute atomic E-state index is 0.0709. The van der Waals surface area contributed by atoms with Crippen LogP contribution in [0.1, 0.15) is 19.3 Å². The first kappa shape index (κ1) is 11.9. The lowest BCUT2D eigenvalue weighted by Crippen LogP contribution is -2.45. The van der Waals surface area contributed by atoms with Crippen molar-refractivity contribution in [3.63, 3.8) is 0 Å². The molecule has 4 nitrogen and oxygen atoms in total. The second-order valence-electron chi connectivity index (χ2n) is 5.76. The highest BCUT2D eigenvalue weighted by atomic mass is 16.5. The maximum Gasteiger partial charge on any atom is 0.0695 e. The third-order valence-corrected chi connectivity index (χ3v) is 4.42. The van der Waals surface area contributed by atoms with Crippen LogP contribution in [0.4, 0.5) is 0 Å². The monoisotopic (exact) mass is 240 g/mol. The zero-order chi connectivity index (χ0) is 11.7. The molecule has 2 saturated heterocycles. The van der Waals surface area contributed by atoms with Gasteiger partial charge in [-0.3, -0.25) is 9.80 Å². The van der Waals surface area contributed by atoms with Crippen LogP contribution in [-0.4, -0.2) is 73.0 Å². The molecule has 2 aliphatic heterocycles. The van der Waals surface area contributed by atoms with E-state index in [0.717, 1.165) is 45.9 Å². The molecule has 0 aromatic heterocycles. The number of ether oxygens (including phenoxy) is 1. The van der Waals surface area contributed by atoms with E-state index < -0.39 is 0 Å². The molecule has 2 heterocycles. The Hall–Kier alpha value is -0.160. The minimum atomic E-state index is -0.0709. The molecule has 0 radical (unpaired) electrons. The quantitative estimate of drug-likeness (QED) is 0.759. The Morgan fingerprint density at radius 2 is 1.88 bits per heavy atom. The second kappa shape index (κ2) is 5.22. The number of hydrogen-bond donors (Lipinski definition) is 1. The topological polar surface area (TPSA) is 35.9 Å². The molecule has 0 aromatic carbocycles. The third kappa shape index (κ3) is 2.99. The van der Waals surface area contributed by atoms with Crippen molar-refractivity contribution < 1.29 is 9.84 Å². The van der Waals surface area contributed by atoms with E-state index in [9.17, 15) is 5.11 Å². The first-order valence-corrected chi connectivity index (χ1v) is 7.05. The van der Waals surface area contributed by atoms with Gasteiger partial charge in [-0.05, 0) is 31.7 Å². The van der Waals surface area contributed by atoms with E-state index in [2.05, 4.69) is 9.80 Å². The Balaban J connectivity index is 1.44. The average molecular weight is 240 g/mol. The van der Waals surface area contributed by atoms with Crippen LogP contribution in [-0.2, 0) is 4.74 Å². The molecule has 3 fully saturated rings. The normalized spacial score (nSPS) is 34.1. The van der Waals surface area contributed by atoms with Crippen LogP contribution in [0.25, 0.3) is 0 Å². The van der Waals surface area contributed by atoms with Gasteiger partial charge in [0.05, 0.1) is 19.3 Å². The van der Waals surface area contributed by atoms with Crippen molar-refractivity contribution in [1.29, 1.82) is 0 Å². The van der Waals surface area contributed by atoms with Gasteiger partial charge in [-0.2, -0.15) is 0 Å². The smallest absolute Gasteiger partial charge is 0.0695 e. The maximum absolute atomic E-state index is 9.97.